The number of hydrogen-bond acceptors (Lipinski definition) is 5. The number of nitrogens with zero attached hydrogens (tertiary/aromatic N) is 3. The second-order valence-electron chi connectivity index (χ2n) is 4.58. The molecule has 0 radical (unpaired) electrons. The lowest BCUT2D eigenvalue weighted by Crippen LogP contribution is -2.31. The van der Waals surface area contributed by atoms with Gasteiger partial charge in [0, 0.05) is 13.1 Å². The predicted octanol–water partition coefficient (Wildman–Crippen LogP) is 2.76. The Morgan fingerprint density at radius 2 is 2.00 bits per heavy atom. The first-order valence-corrected chi connectivity index (χ1v) is 8.09. The minimum Gasteiger partial charge on any atom is -0.416 e. The number of benzene rings is 1. The van der Waals surface area contributed by atoms with Gasteiger partial charge in [-0.15, -0.1) is 10.2 Å². The summed E-state index contributed by atoms with van der Waals surface area (Å²) >= 11 is 1.20. The van der Waals surface area contributed by atoms with E-state index in [1.165, 1.54) is 17.8 Å². The van der Waals surface area contributed by atoms with Crippen LogP contribution in [0.5, 0.6) is 0 Å². The van der Waals surface area contributed by atoms with Crippen LogP contribution in [0.15, 0.2) is 33.9 Å². The Balaban J connectivity index is 1.92. The number of amides is 1. The van der Waals surface area contributed by atoms with Crippen molar-refractivity contribution in [3.8, 4) is 0 Å². The third-order valence-electron chi connectivity index (χ3n) is 3.18. The molecule has 7 heteroatoms. The molecular weight excluding hydrogens is 305 g/mol. The highest BCUT2D eigenvalue weighted by atomic mass is 32.2. The van der Waals surface area contributed by atoms with Crippen LogP contribution in [0.2, 0.25) is 0 Å². The highest BCUT2D eigenvalue weighted by molar-refractivity contribution is 7.99. The average Bonchev–Trinajstić information content (AvgIpc) is 2.96. The minimum absolute atomic E-state index is 0.0313. The zero-order valence-electron chi connectivity index (χ0n) is 12.6. The summed E-state index contributed by atoms with van der Waals surface area (Å²) in [5.41, 5.74) is 0.502. The van der Waals surface area contributed by atoms with Crippen molar-refractivity contribution in [1.82, 2.24) is 15.1 Å². The molecular formula is C15H18FN3O2S. The lowest BCUT2D eigenvalue weighted by Gasteiger charge is -2.17. The normalized spacial score (nSPS) is 10.7. The molecule has 2 rings (SSSR count). The number of carbonyl (C=O) groups is 1. The highest BCUT2D eigenvalue weighted by Gasteiger charge is 2.14. The fraction of sp³-hybridized carbons (Fsp3) is 0.400. The van der Waals surface area contributed by atoms with E-state index in [1.807, 2.05) is 13.8 Å². The highest BCUT2D eigenvalue weighted by Crippen LogP contribution is 2.19. The zero-order valence-corrected chi connectivity index (χ0v) is 13.4. The first-order chi connectivity index (χ1) is 10.6. The smallest absolute Gasteiger partial charge is 0.277 e. The second-order valence-corrected chi connectivity index (χ2v) is 5.51. The molecule has 0 aliphatic rings. The van der Waals surface area contributed by atoms with Crippen LogP contribution < -0.4 is 0 Å². The molecule has 0 unspecified atom stereocenters. The van der Waals surface area contributed by atoms with Gasteiger partial charge < -0.3 is 9.32 Å². The maximum Gasteiger partial charge on any atom is 0.277 e. The maximum absolute atomic E-state index is 13.6. The molecule has 0 saturated heterocycles. The third kappa shape index (κ3) is 4.30. The van der Waals surface area contributed by atoms with E-state index in [0.29, 0.717) is 29.8 Å². The van der Waals surface area contributed by atoms with E-state index in [9.17, 15) is 9.18 Å². The standard InChI is InChI=1S/C15H18FN3O2S/c1-3-19(4-2)14(20)10-22-15-18-17-13(21-15)9-11-7-5-6-8-12(11)16/h5-8H,3-4,9-10H2,1-2H3. The Bertz CT molecular complexity index is 629. The molecule has 1 aromatic heterocycles. The third-order valence-corrected chi connectivity index (χ3v) is 3.99. The van der Waals surface area contributed by atoms with E-state index < -0.39 is 0 Å². The molecule has 5 nitrogen and oxygen atoms in total. The Hall–Kier alpha value is -1.89. The first kappa shape index (κ1) is 16.5. The molecule has 0 N–H and O–H groups in total. The molecule has 0 aliphatic heterocycles. The number of carbonyl (C=O) groups excluding carboxylic acids is 1. The number of halogens is 1. The predicted molar refractivity (Wildman–Crippen MR) is 82.2 cm³/mol. The summed E-state index contributed by atoms with van der Waals surface area (Å²) < 4.78 is 19.0. The van der Waals surface area contributed by atoms with Crippen molar-refractivity contribution in [2.45, 2.75) is 25.5 Å². The second kappa shape index (κ2) is 7.93. The summed E-state index contributed by atoms with van der Waals surface area (Å²) in [5.74, 6) is 0.321. The Labute approximate surface area is 132 Å². The van der Waals surface area contributed by atoms with Crippen molar-refractivity contribution in [2.24, 2.45) is 0 Å². The van der Waals surface area contributed by atoms with Crippen LogP contribution in [0, 0.1) is 5.82 Å². The Morgan fingerprint density at radius 3 is 2.68 bits per heavy atom. The summed E-state index contributed by atoms with van der Waals surface area (Å²) in [7, 11) is 0. The maximum atomic E-state index is 13.6. The number of hydrogen-bond donors (Lipinski definition) is 0. The van der Waals surface area contributed by atoms with Gasteiger partial charge in [-0.1, -0.05) is 30.0 Å². The van der Waals surface area contributed by atoms with Crippen LogP contribution in [0.4, 0.5) is 4.39 Å². The molecule has 1 amide bonds. The van der Waals surface area contributed by atoms with E-state index in [4.69, 9.17) is 4.42 Å². The van der Waals surface area contributed by atoms with Crippen LogP contribution >= 0.6 is 11.8 Å². The van der Waals surface area contributed by atoms with Crippen molar-refractivity contribution in [1.29, 1.82) is 0 Å². The van der Waals surface area contributed by atoms with Gasteiger partial charge in [0.25, 0.3) is 5.22 Å². The Kier molecular flexibility index (Phi) is 5.94. The number of rotatable bonds is 7. The molecule has 0 atom stereocenters. The van der Waals surface area contributed by atoms with E-state index >= 15 is 0 Å². The van der Waals surface area contributed by atoms with Gasteiger partial charge in [0.1, 0.15) is 5.82 Å². The van der Waals surface area contributed by atoms with Gasteiger partial charge >= 0.3 is 0 Å². The summed E-state index contributed by atoms with van der Waals surface area (Å²) in [5, 5.41) is 8.09. The van der Waals surface area contributed by atoms with Gasteiger partial charge in [0.05, 0.1) is 12.2 Å². The zero-order chi connectivity index (χ0) is 15.9. The fourth-order valence-corrected chi connectivity index (χ4v) is 2.65. The first-order valence-electron chi connectivity index (χ1n) is 7.10. The van der Waals surface area contributed by atoms with Gasteiger partial charge in [-0.05, 0) is 25.5 Å². The van der Waals surface area contributed by atoms with E-state index in [1.54, 1.807) is 23.1 Å². The minimum atomic E-state index is -0.299. The number of thioether (sulfide) groups is 1. The average molecular weight is 323 g/mol. The number of aromatic nitrogens is 2. The topological polar surface area (TPSA) is 59.2 Å². The molecule has 0 bridgehead atoms. The molecule has 22 heavy (non-hydrogen) atoms. The van der Waals surface area contributed by atoms with Gasteiger partial charge in [-0.2, -0.15) is 0 Å². The van der Waals surface area contributed by atoms with Crippen molar-refractivity contribution in [2.75, 3.05) is 18.8 Å². The van der Waals surface area contributed by atoms with Gasteiger partial charge in [0.2, 0.25) is 11.8 Å². The quantitative estimate of drug-likeness (QED) is 0.733. The van der Waals surface area contributed by atoms with Crippen molar-refractivity contribution in [3.05, 3.63) is 41.5 Å². The van der Waals surface area contributed by atoms with Gasteiger partial charge in [-0.3, -0.25) is 4.79 Å². The monoisotopic (exact) mass is 323 g/mol. The van der Waals surface area contributed by atoms with Crippen molar-refractivity contribution in [3.63, 3.8) is 0 Å². The van der Waals surface area contributed by atoms with Crippen molar-refractivity contribution < 1.29 is 13.6 Å². The van der Waals surface area contributed by atoms with Crippen LogP contribution in [0.3, 0.4) is 0 Å². The fourth-order valence-electron chi connectivity index (χ4n) is 1.96. The molecule has 0 fully saturated rings. The molecule has 118 valence electrons. The summed E-state index contributed by atoms with van der Waals surface area (Å²) in [4.78, 5) is 13.6. The lowest BCUT2D eigenvalue weighted by atomic mass is 10.1. The van der Waals surface area contributed by atoms with E-state index in [0.717, 1.165) is 0 Å². The van der Waals surface area contributed by atoms with Gasteiger partial charge in [-0.25, -0.2) is 4.39 Å². The summed E-state index contributed by atoms with van der Waals surface area (Å²) in [6, 6.07) is 6.46. The van der Waals surface area contributed by atoms with Crippen LogP contribution in [-0.4, -0.2) is 39.8 Å². The lowest BCUT2D eigenvalue weighted by molar-refractivity contribution is -0.127. The van der Waals surface area contributed by atoms with E-state index in [-0.39, 0.29) is 23.9 Å². The molecule has 0 saturated carbocycles. The van der Waals surface area contributed by atoms with E-state index in [2.05, 4.69) is 10.2 Å². The van der Waals surface area contributed by atoms with Crippen molar-refractivity contribution >= 4 is 17.7 Å². The Morgan fingerprint density at radius 1 is 1.27 bits per heavy atom. The SMILES string of the molecule is CCN(CC)C(=O)CSc1nnc(Cc2ccccc2F)o1. The van der Waals surface area contributed by atoms with Crippen LogP contribution in [-0.2, 0) is 11.2 Å². The largest absolute Gasteiger partial charge is 0.416 e. The molecule has 2 aromatic rings. The molecule has 0 spiro atoms. The molecule has 1 aromatic carbocycles. The summed E-state index contributed by atoms with van der Waals surface area (Å²) in [6.07, 6.45) is 0.240. The van der Waals surface area contributed by atoms with Crippen LogP contribution in [0.25, 0.3) is 0 Å². The molecule has 0 aliphatic carbocycles. The van der Waals surface area contributed by atoms with Crippen LogP contribution in [0.1, 0.15) is 25.3 Å². The summed E-state index contributed by atoms with van der Waals surface area (Å²) in [6.45, 7) is 5.23. The van der Waals surface area contributed by atoms with Gasteiger partial charge in [0.15, 0.2) is 0 Å². The molecule has 1 heterocycles.